The molecule has 0 aliphatic carbocycles. The Balaban J connectivity index is 1.61. The summed E-state index contributed by atoms with van der Waals surface area (Å²) in [5.74, 6) is 0. The molecule has 0 saturated carbocycles. The molecular formula is C14H16N6O2. The van der Waals surface area contributed by atoms with Crippen molar-refractivity contribution in [1.82, 2.24) is 30.3 Å². The molecule has 0 atom stereocenters. The van der Waals surface area contributed by atoms with Crippen molar-refractivity contribution in [3.8, 4) is 11.4 Å². The van der Waals surface area contributed by atoms with Gasteiger partial charge in [0.25, 0.3) is 0 Å². The fraction of sp³-hybridized carbons (Fsp3) is 0.286. The lowest BCUT2D eigenvalue weighted by molar-refractivity contribution is 0.198. The number of aryl methyl sites for hydroxylation is 1. The molecule has 2 aromatic rings. The van der Waals surface area contributed by atoms with Gasteiger partial charge in [-0.2, -0.15) is 5.10 Å². The summed E-state index contributed by atoms with van der Waals surface area (Å²) in [4.78, 5) is 28.7. The Labute approximate surface area is 127 Å². The standard InChI is InChI=1S/C14H16N6O2/c1-19-12(4-5-18-19)11-3-2-10(8-16-11)9-17-14(22)20-7-6-15-13(20)21/h2-5,8H,6-7,9H2,1H3,(H,15,21)(H,17,22). The van der Waals surface area contributed by atoms with Gasteiger partial charge in [0.15, 0.2) is 0 Å². The zero-order valence-corrected chi connectivity index (χ0v) is 12.1. The van der Waals surface area contributed by atoms with E-state index in [1.807, 2.05) is 25.2 Å². The Hall–Kier alpha value is -2.90. The van der Waals surface area contributed by atoms with Crippen molar-refractivity contribution < 1.29 is 9.59 Å². The first-order valence-corrected chi connectivity index (χ1v) is 6.91. The molecule has 22 heavy (non-hydrogen) atoms. The number of rotatable bonds is 3. The summed E-state index contributed by atoms with van der Waals surface area (Å²) in [5, 5.41) is 9.39. The fourth-order valence-corrected chi connectivity index (χ4v) is 2.24. The maximum Gasteiger partial charge on any atom is 0.325 e. The van der Waals surface area contributed by atoms with E-state index in [0.717, 1.165) is 21.9 Å². The number of hydrogen-bond donors (Lipinski definition) is 2. The number of nitrogens with zero attached hydrogens (tertiary/aromatic N) is 4. The first-order chi connectivity index (χ1) is 10.6. The van der Waals surface area contributed by atoms with Gasteiger partial charge in [-0.3, -0.25) is 9.67 Å². The van der Waals surface area contributed by atoms with E-state index >= 15 is 0 Å². The molecule has 0 spiro atoms. The van der Waals surface area contributed by atoms with Gasteiger partial charge in [0.1, 0.15) is 0 Å². The lowest BCUT2D eigenvalue weighted by Crippen LogP contribution is -2.41. The van der Waals surface area contributed by atoms with E-state index in [4.69, 9.17) is 0 Å². The van der Waals surface area contributed by atoms with Gasteiger partial charge in [0.2, 0.25) is 0 Å². The summed E-state index contributed by atoms with van der Waals surface area (Å²) in [6.07, 6.45) is 3.42. The van der Waals surface area contributed by atoms with E-state index in [2.05, 4.69) is 20.7 Å². The highest BCUT2D eigenvalue weighted by molar-refractivity contribution is 5.94. The predicted molar refractivity (Wildman–Crippen MR) is 78.8 cm³/mol. The Morgan fingerprint density at radius 1 is 1.41 bits per heavy atom. The molecule has 8 nitrogen and oxygen atoms in total. The van der Waals surface area contributed by atoms with Crippen LogP contribution in [0.3, 0.4) is 0 Å². The summed E-state index contributed by atoms with van der Waals surface area (Å²) in [5.41, 5.74) is 2.59. The van der Waals surface area contributed by atoms with Gasteiger partial charge in [0, 0.05) is 39.1 Å². The highest BCUT2D eigenvalue weighted by Gasteiger charge is 2.25. The molecule has 0 unspecified atom stereocenters. The van der Waals surface area contributed by atoms with Crippen LogP contribution in [0, 0.1) is 0 Å². The number of amides is 4. The summed E-state index contributed by atoms with van der Waals surface area (Å²) in [6.45, 7) is 1.21. The van der Waals surface area contributed by atoms with Gasteiger partial charge in [0.05, 0.1) is 11.4 Å². The van der Waals surface area contributed by atoms with E-state index in [1.54, 1.807) is 17.1 Å². The third-order valence-electron chi connectivity index (χ3n) is 3.45. The lowest BCUT2D eigenvalue weighted by Gasteiger charge is -2.13. The third kappa shape index (κ3) is 2.76. The normalized spacial score (nSPS) is 14.0. The average Bonchev–Trinajstić information content (AvgIpc) is 3.14. The number of hydrogen-bond acceptors (Lipinski definition) is 4. The van der Waals surface area contributed by atoms with Crippen molar-refractivity contribution in [2.24, 2.45) is 7.05 Å². The zero-order chi connectivity index (χ0) is 15.5. The van der Waals surface area contributed by atoms with E-state index < -0.39 is 6.03 Å². The smallest absolute Gasteiger partial charge is 0.325 e. The van der Waals surface area contributed by atoms with Crippen LogP contribution in [-0.2, 0) is 13.6 Å². The van der Waals surface area contributed by atoms with E-state index in [9.17, 15) is 9.59 Å². The number of aromatic nitrogens is 3. The molecule has 1 fully saturated rings. The van der Waals surface area contributed by atoms with Crippen molar-refractivity contribution in [2.45, 2.75) is 6.54 Å². The van der Waals surface area contributed by atoms with E-state index in [0.29, 0.717) is 19.6 Å². The van der Waals surface area contributed by atoms with E-state index in [1.165, 1.54) is 0 Å². The molecule has 4 amide bonds. The Morgan fingerprint density at radius 3 is 2.86 bits per heavy atom. The molecule has 0 radical (unpaired) electrons. The van der Waals surface area contributed by atoms with Crippen molar-refractivity contribution in [1.29, 1.82) is 0 Å². The van der Waals surface area contributed by atoms with Crippen LogP contribution in [0.5, 0.6) is 0 Å². The van der Waals surface area contributed by atoms with Crippen LogP contribution in [0.15, 0.2) is 30.6 Å². The minimum atomic E-state index is -0.397. The molecule has 0 bridgehead atoms. The van der Waals surface area contributed by atoms with Crippen LogP contribution in [0.2, 0.25) is 0 Å². The Morgan fingerprint density at radius 2 is 2.27 bits per heavy atom. The highest BCUT2D eigenvalue weighted by Crippen LogP contribution is 2.15. The van der Waals surface area contributed by atoms with Gasteiger partial charge in [-0.05, 0) is 17.7 Å². The van der Waals surface area contributed by atoms with Crippen LogP contribution in [0.25, 0.3) is 11.4 Å². The maximum absolute atomic E-state index is 11.8. The number of pyridine rings is 1. The average molecular weight is 300 g/mol. The van der Waals surface area contributed by atoms with Gasteiger partial charge >= 0.3 is 12.1 Å². The topological polar surface area (TPSA) is 92.2 Å². The van der Waals surface area contributed by atoms with Gasteiger partial charge in [-0.1, -0.05) is 6.07 Å². The Bertz CT molecular complexity index is 694. The number of nitrogens with one attached hydrogen (secondary N) is 2. The number of urea groups is 2. The van der Waals surface area contributed by atoms with Crippen LogP contribution in [0.1, 0.15) is 5.56 Å². The lowest BCUT2D eigenvalue weighted by atomic mass is 10.2. The number of carbonyl (C=O) groups excluding carboxylic acids is 2. The number of imide groups is 1. The summed E-state index contributed by atoms with van der Waals surface area (Å²) >= 11 is 0. The minimum Gasteiger partial charge on any atom is -0.336 e. The van der Waals surface area contributed by atoms with Crippen LogP contribution >= 0.6 is 0 Å². The largest absolute Gasteiger partial charge is 0.336 e. The van der Waals surface area contributed by atoms with Crippen LogP contribution in [0.4, 0.5) is 9.59 Å². The van der Waals surface area contributed by atoms with Crippen molar-refractivity contribution in [3.05, 3.63) is 36.2 Å². The molecule has 2 aromatic heterocycles. The Kier molecular flexibility index (Phi) is 3.73. The summed E-state index contributed by atoms with van der Waals surface area (Å²) in [6, 6.07) is 4.89. The monoisotopic (exact) mass is 300 g/mol. The highest BCUT2D eigenvalue weighted by atomic mass is 16.2. The van der Waals surface area contributed by atoms with Gasteiger partial charge in [-0.15, -0.1) is 0 Å². The minimum absolute atomic E-state index is 0.321. The van der Waals surface area contributed by atoms with Crippen LogP contribution in [-0.4, -0.2) is 44.8 Å². The second kappa shape index (κ2) is 5.84. The molecule has 114 valence electrons. The predicted octanol–water partition coefficient (Wildman–Crippen LogP) is 0.717. The van der Waals surface area contributed by atoms with Crippen molar-refractivity contribution in [2.75, 3.05) is 13.1 Å². The molecule has 3 heterocycles. The molecule has 2 N–H and O–H groups in total. The van der Waals surface area contributed by atoms with Crippen molar-refractivity contribution >= 4 is 12.1 Å². The van der Waals surface area contributed by atoms with Crippen molar-refractivity contribution in [3.63, 3.8) is 0 Å². The summed E-state index contributed by atoms with van der Waals surface area (Å²) in [7, 11) is 1.85. The third-order valence-corrected chi connectivity index (χ3v) is 3.45. The molecule has 1 saturated heterocycles. The first-order valence-electron chi connectivity index (χ1n) is 6.91. The molecular weight excluding hydrogens is 284 g/mol. The zero-order valence-electron chi connectivity index (χ0n) is 12.1. The molecule has 0 aromatic carbocycles. The van der Waals surface area contributed by atoms with Gasteiger partial charge < -0.3 is 10.6 Å². The van der Waals surface area contributed by atoms with E-state index in [-0.39, 0.29) is 6.03 Å². The molecule has 8 heteroatoms. The molecule has 3 rings (SSSR count). The van der Waals surface area contributed by atoms with Gasteiger partial charge in [-0.25, -0.2) is 14.5 Å². The quantitative estimate of drug-likeness (QED) is 0.873. The molecule has 1 aliphatic rings. The SMILES string of the molecule is Cn1nccc1-c1ccc(CNC(=O)N2CCNC2=O)cn1. The molecule has 1 aliphatic heterocycles. The first kappa shape index (κ1) is 14.1. The maximum atomic E-state index is 11.8. The second-order valence-corrected chi connectivity index (χ2v) is 4.93. The van der Waals surface area contributed by atoms with Crippen LogP contribution < -0.4 is 10.6 Å². The number of carbonyl (C=O) groups is 2. The summed E-state index contributed by atoms with van der Waals surface area (Å²) < 4.78 is 1.75. The second-order valence-electron chi connectivity index (χ2n) is 4.93. The fourth-order valence-electron chi connectivity index (χ4n) is 2.24.